The Balaban J connectivity index is 1.60. The van der Waals surface area contributed by atoms with E-state index >= 15 is 0 Å². The van der Waals surface area contributed by atoms with Crippen LogP contribution in [0.25, 0.3) is 0 Å². The number of thiazole rings is 1. The fourth-order valence-corrected chi connectivity index (χ4v) is 3.05. The third-order valence-electron chi connectivity index (χ3n) is 3.26. The van der Waals surface area contributed by atoms with Crippen molar-refractivity contribution in [2.75, 3.05) is 5.32 Å². The maximum atomic E-state index is 13.2. The molecule has 0 aliphatic heterocycles. The summed E-state index contributed by atoms with van der Waals surface area (Å²) in [6, 6.07) is 5.58. The summed E-state index contributed by atoms with van der Waals surface area (Å²) < 4.78 is 26.1. The molecular formula is C16H14F2N4OS. The van der Waals surface area contributed by atoms with Crippen molar-refractivity contribution in [1.82, 2.24) is 15.2 Å². The van der Waals surface area contributed by atoms with E-state index < -0.39 is 11.6 Å². The van der Waals surface area contributed by atoms with Crippen LogP contribution in [-0.4, -0.2) is 21.1 Å². The second-order valence-electron chi connectivity index (χ2n) is 5.32. The lowest BCUT2D eigenvalue weighted by Crippen LogP contribution is -2.14. The molecule has 124 valence electrons. The zero-order chi connectivity index (χ0) is 17.1. The van der Waals surface area contributed by atoms with Gasteiger partial charge in [-0.1, -0.05) is 6.07 Å². The minimum Gasteiger partial charge on any atom is -0.302 e. The van der Waals surface area contributed by atoms with Gasteiger partial charge in [-0.3, -0.25) is 9.89 Å². The van der Waals surface area contributed by atoms with Crippen LogP contribution in [0.1, 0.15) is 21.8 Å². The normalized spacial score (nSPS) is 10.8. The first kappa shape index (κ1) is 16.3. The minimum atomic E-state index is -0.875. The number of rotatable bonds is 5. The van der Waals surface area contributed by atoms with Crippen LogP contribution in [0.5, 0.6) is 0 Å². The summed E-state index contributed by atoms with van der Waals surface area (Å²) in [5.41, 5.74) is 2.19. The number of amides is 1. The van der Waals surface area contributed by atoms with Gasteiger partial charge in [0, 0.05) is 23.2 Å². The number of aromatic amines is 1. The first-order valence-electron chi connectivity index (χ1n) is 7.19. The molecule has 3 rings (SSSR count). The van der Waals surface area contributed by atoms with Gasteiger partial charge in [-0.05, 0) is 30.7 Å². The third kappa shape index (κ3) is 4.02. The summed E-state index contributed by atoms with van der Waals surface area (Å²) in [5, 5.41) is 9.95. The zero-order valence-corrected chi connectivity index (χ0v) is 13.6. The maximum absolute atomic E-state index is 13.2. The second kappa shape index (κ2) is 6.88. The Kier molecular flexibility index (Phi) is 4.66. The van der Waals surface area contributed by atoms with Gasteiger partial charge in [-0.25, -0.2) is 13.8 Å². The number of aryl methyl sites for hydroxylation is 1. The van der Waals surface area contributed by atoms with Crippen molar-refractivity contribution in [3.05, 3.63) is 63.9 Å². The number of H-pyrrole nitrogens is 1. The summed E-state index contributed by atoms with van der Waals surface area (Å²) in [5.74, 6) is -1.96. The molecule has 0 saturated heterocycles. The molecular weight excluding hydrogens is 334 g/mol. The summed E-state index contributed by atoms with van der Waals surface area (Å²) in [4.78, 5) is 16.9. The van der Waals surface area contributed by atoms with Crippen molar-refractivity contribution in [2.45, 2.75) is 19.8 Å². The SMILES string of the molecule is Cc1cc(CC(=O)Nc2ncc(Cc3ccc(F)c(F)c3)s2)n[nH]1. The molecule has 0 fully saturated rings. The van der Waals surface area contributed by atoms with Gasteiger partial charge in [0.15, 0.2) is 16.8 Å². The largest absolute Gasteiger partial charge is 0.302 e. The maximum Gasteiger partial charge on any atom is 0.232 e. The average Bonchev–Trinajstić information content (AvgIpc) is 3.12. The average molecular weight is 348 g/mol. The number of carbonyl (C=O) groups is 1. The summed E-state index contributed by atoms with van der Waals surface area (Å²) in [6.07, 6.45) is 2.19. The van der Waals surface area contributed by atoms with E-state index in [2.05, 4.69) is 20.5 Å². The van der Waals surface area contributed by atoms with Crippen LogP contribution in [0, 0.1) is 18.6 Å². The molecule has 0 aliphatic rings. The van der Waals surface area contributed by atoms with Gasteiger partial charge in [-0.2, -0.15) is 5.10 Å². The van der Waals surface area contributed by atoms with E-state index in [4.69, 9.17) is 0 Å². The van der Waals surface area contributed by atoms with Gasteiger partial charge in [0.2, 0.25) is 5.91 Å². The molecule has 3 aromatic rings. The summed E-state index contributed by atoms with van der Waals surface area (Å²) >= 11 is 1.29. The minimum absolute atomic E-state index is 0.155. The number of hydrogen-bond acceptors (Lipinski definition) is 4. The Morgan fingerprint density at radius 1 is 1.29 bits per heavy atom. The van der Waals surface area contributed by atoms with Gasteiger partial charge >= 0.3 is 0 Å². The van der Waals surface area contributed by atoms with Crippen LogP contribution >= 0.6 is 11.3 Å². The molecule has 0 radical (unpaired) electrons. The summed E-state index contributed by atoms with van der Waals surface area (Å²) in [6.45, 7) is 1.86. The van der Waals surface area contributed by atoms with E-state index in [1.807, 2.05) is 6.92 Å². The molecule has 0 aliphatic carbocycles. The molecule has 8 heteroatoms. The number of hydrogen-bond donors (Lipinski definition) is 2. The van der Waals surface area contributed by atoms with E-state index in [-0.39, 0.29) is 12.3 Å². The topological polar surface area (TPSA) is 70.7 Å². The molecule has 0 bridgehead atoms. The quantitative estimate of drug-likeness (QED) is 0.744. The van der Waals surface area contributed by atoms with Gasteiger partial charge in [0.1, 0.15) is 0 Å². The van der Waals surface area contributed by atoms with E-state index in [0.29, 0.717) is 22.8 Å². The van der Waals surface area contributed by atoms with Crippen molar-refractivity contribution in [3.8, 4) is 0 Å². The molecule has 2 aromatic heterocycles. The predicted molar refractivity (Wildman–Crippen MR) is 86.9 cm³/mol. The molecule has 1 aromatic carbocycles. The second-order valence-corrected chi connectivity index (χ2v) is 6.44. The van der Waals surface area contributed by atoms with Crippen molar-refractivity contribution < 1.29 is 13.6 Å². The number of aromatic nitrogens is 3. The monoisotopic (exact) mass is 348 g/mol. The van der Waals surface area contributed by atoms with E-state index in [1.54, 1.807) is 12.3 Å². The van der Waals surface area contributed by atoms with Gasteiger partial charge in [0.05, 0.1) is 12.1 Å². The Morgan fingerprint density at radius 3 is 2.83 bits per heavy atom. The zero-order valence-electron chi connectivity index (χ0n) is 12.8. The van der Waals surface area contributed by atoms with Crippen LogP contribution in [0.3, 0.4) is 0 Å². The van der Waals surface area contributed by atoms with Gasteiger partial charge in [0.25, 0.3) is 0 Å². The van der Waals surface area contributed by atoms with Crippen LogP contribution in [-0.2, 0) is 17.6 Å². The highest BCUT2D eigenvalue weighted by Crippen LogP contribution is 2.22. The van der Waals surface area contributed by atoms with Gasteiger partial charge in [-0.15, -0.1) is 11.3 Å². The molecule has 1 amide bonds. The molecule has 0 atom stereocenters. The standard InChI is InChI=1S/C16H14F2N4OS/c1-9-4-11(22-21-9)7-15(23)20-16-19-8-12(24-16)5-10-2-3-13(17)14(18)6-10/h2-4,6,8H,5,7H2,1H3,(H,21,22)(H,19,20,23). The predicted octanol–water partition coefficient (Wildman–Crippen LogP) is 3.22. The van der Waals surface area contributed by atoms with Crippen molar-refractivity contribution in [1.29, 1.82) is 0 Å². The number of anilines is 1. The number of nitrogens with zero attached hydrogens (tertiary/aromatic N) is 2. The fourth-order valence-electron chi connectivity index (χ4n) is 2.19. The number of carbonyl (C=O) groups excluding carboxylic acids is 1. The smallest absolute Gasteiger partial charge is 0.232 e. The highest BCUT2D eigenvalue weighted by molar-refractivity contribution is 7.15. The third-order valence-corrected chi connectivity index (χ3v) is 4.18. The molecule has 0 unspecified atom stereocenters. The van der Waals surface area contributed by atoms with E-state index in [9.17, 15) is 13.6 Å². The lowest BCUT2D eigenvalue weighted by Gasteiger charge is -2.00. The first-order chi connectivity index (χ1) is 11.5. The molecule has 0 saturated carbocycles. The fraction of sp³-hybridized carbons (Fsp3) is 0.188. The molecule has 2 N–H and O–H groups in total. The van der Waals surface area contributed by atoms with Crippen molar-refractivity contribution >= 4 is 22.4 Å². The Bertz CT molecular complexity index is 875. The Morgan fingerprint density at radius 2 is 2.12 bits per heavy atom. The Labute approximate surface area is 140 Å². The number of benzene rings is 1. The van der Waals surface area contributed by atoms with Crippen LogP contribution in [0.4, 0.5) is 13.9 Å². The molecule has 5 nitrogen and oxygen atoms in total. The van der Waals surface area contributed by atoms with Crippen LogP contribution in [0.2, 0.25) is 0 Å². The highest BCUT2D eigenvalue weighted by Gasteiger charge is 2.10. The highest BCUT2D eigenvalue weighted by atomic mass is 32.1. The Hall–Kier alpha value is -2.61. The molecule has 0 spiro atoms. The molecule has 2 heterocycles. The molecule has 24 heavy (non-hydrogen) atoms. The lowest BCUT2D eigenvalue weighted by molar-refractivity contribution is -0.115. The van der Waals surface area contributed by atoms with Crippen LogP contribution < -0.4 is 5.32 Å². The van der Waals surface area contributed by atoms with E-state index in [0.717, 1.165) is 22.7 Å². The number of nitrogens with one attached hydrogen (secondary N) is 2. The van der Waals surface area contributed by atoms with Crippen molar-refractivity contribution in [3.63, 3.8) is 0 Å². The van der Waals surface area contributed by atoms with Gasteiger partial charge < -0.3 is 5.32 Å². The van der Waals surface area contributed by atoms with E-state index in [1.165, 1.54) is 17.4 Å². The van der Waals surface area contributed by atoms with Crippen LogP contribution in [0.15, 0.2) is 30.5 Å². The summed E-state index contributed by atoms with van der Waals surface area (Å²) in [7, 11) is 0. The lowest BCUT2D eigenvalue weighted by atomic mass is 10.1. The van der Waals surface area contributed by atoms with Crippen molar-refractivity contribution in [2.24, 2.45) is 0 Å². The first-order valence-corrected chi connectivity index (χ1v) is 8.00. The number of halogens is 2.